The van der Waals surface area contributed by atoms with Crippen molar-refractivity contribution in [2.75, 3.05) is 20.3 Å². The first-order valence-corrected chi connectivity index (χ1v) is 10.4. The number of aromatic nitrogens is 2. The maximum atomic E-state index is 14.0. The molecule has 1 N–H and O–H groups in total. The lowest BCUT2D eigenvalue weighted by Crippen LogP contribution is -2.38. The number of ether oxygens (including phenoxy) is 1. The Morgan fingerprint density at radius 1 is 1.33 bits per heavy atom. The van der Waals surface area contributed by atoms with E-state index in [1.165, 1.54) is 18.7 Å². The lowest BCUT2D eigenvalue weighted by atomic mass is 9.70. The van der Waals surface area contributed by atoms with Gasteiger partial charge in [-0.3, -0.25) is 4.79 Å². The first kappa shape index (κ1) is 22.2. The fourth-order valence-corrected chi connectivity index (χ4v) is 4.21. The Labute approximate surface area is 176 Å². The minimum Gasteiger partial charge on any atom is -0.421 e. The van der Waals surface area contributed by atoms with Gasteiger partial charge in [0.1, 0.15) is 12.4 Å². The van der Waals surface area contributed by atoms with Gasteiger partial charge in [0, 0.05) is 20.1 Å². The van der Waals surface area contributed by atoms with Gasteiger partial charge >= 0.3 is 0 Å². The summed E-state index contributed by atoms with van der Waals surface area (Å²) >= 11 is 0. The van der Waals surface area contributed by atoms with E-state index in [1.807, 2.05) is 0 Å². The molecule has 7 heteroatoms. The van der Waals surface area contributed by atoms with Gasteiger partial charge in [0.25, 0.3) is 5.89 Å². The number of allylic oxidation sites excluding steroid dienone is 1. The van der Waals surface area contributed by atoms with Crippen LogP contribution in [0.3, 0.4) is 0 Å². The molecule has 1 aliphatic carbocycles. The lowest BCUT2D eigenvalue weighted by Gasteiger charge is -2.37. The molecule has 3 rings (SSSR count). The Hall–Kier alpha value is -2.54. The van der Waals surface area contributed by atoms with Crippen LogP contribution in [0, 0.1) is 29.5 Å². The van der Waals surface area contributed by atoms with Crippen molar-refractivity contribution in [1.29, 1.82) is 0 Å². The van der Waals surface area contributed by atoms with E-state index in [9.17, 15) is 9.18 Å². The third kappa shape index (κ3) is 5.33. The summed E-state index contributed by atoms with van der Waals surface area (Å²) in [6.07, 6.45) is 3.86. The minimum absolute atomic E-state index is 0.0753. The van der Waals surface area contributed by atoms with E-state index in [0.29, 0.717) is 36.3 Å². The van der Waals surface area contributed by atoms with Gasteiger partial charge in [-0.2, -0.15) is 0 Å². The highest BCUT2D eigenvalue weighted by Crippen LogP contribution is 2.38. The fourth-order valence-electron chi connectivity index (χ4n) is 4.21. The van der Waals surface area contributed by atoms with Crippen LogP contribution < -0.4 is 5.32 Å². The zero-order chi connectivity index (χ0) is 21.7. The summed E-state index contributed by atoms with van der Waals surface area (Å²) in [4.78, 5) is 11.8. The molecule has 0 spiro atoms. The van der Waals surface area contributed by atoms with E-state index in [2.05, 4.69) is 42.4 Å². The van der Waals surface area contributed by atoms with Crippen LogP contribution in [0.5, 0.6) is 0 Å². The Morgan fingerprint density at radius 2 is 2.10 bits per heavy atom. The zero-order valence-corrected chi connectivity index (χ0v) is 18.0. The summed E-state index contributed by atoms with van der Waals surface area (Å²) < 4.78 is 24.7. The van der Waals surface area contributed by atoms with Crippen molar-refractivity contribution in [3.05, 3.63) is 47.6 Å². The van der Waals surface area contributed by atoms with Crippen molar-refractivity contribution in [3.63, 3.8) is 0 Å². The number of nitrogens with zero attached hydrogens (tertiary/aromatic N) is 2. The van der Waals surface area contributed by atoms with Crippen molar-refractivity contribution in [2.45, 2.75) is 33.6 Å². The fraction of sp³-hybridized carbons (Fsp3) is 0.522. The van der Waals surface area contributed by atoms with E-state index in [4.69, 9.17) is 9.15 Å². The van der Waals surface area contributed by atoms with Gasteiger partial charge in [0.15, 0.2) is 0 Å². The van der Waals surface area contributed by atoms with Crippen LogP contribution in [0.4, 0.5) is 4.39 Å². The van der Waals surface area contributed by atoms with Crippen LogP contribution in [0.15, 0.2) is 40.3 Å². The molecular weight excluding hydrogens is 385 g/mol. The second-order valence-electron chi connectivity index (χ2n) is 8.34. The lowest BCUT2D eigenvalue weighted by molar-refractivity contribution is -0.124. The van der Waals surface area contributed by atoms with E-state index in [0.717, 1.165) is 6.42 Å². The van der Waals surface area contributed by atoms with Crippen LogP contribution in [-0.4, -0.2) is 36.4 Å². The molecule has 162 valence electrons. The average molecular weight is 416 g/mol. The monoisotopic (exact) mass is 415 g/mol. The SMILES string of the molecule is COCC(=O)NCC1C=C(C)C(Cc2nnc(-c3ccccc3F)o2)CC1C(C)C. The van der Waals surface area contributed by atoms with Crippen molar-refractivity contribution in [1.82, 2.24) is 15.5 Å². The first-order valence-electron chi connectivity index (χ1n) is 10.4. The smallest absolute Gasteiger partial charge is 0.250 e. The Balaban J connectivity index is 1.70. The van der Waals surface area contributed by atoms with Crippen LogP contribution in [0.25, 0.3) is 11.5 Å². The third-order valence-corrected chi connectivity index (χ3v) is 5.89. The number of hydrogen-bond acceptors (Lipinski definition) is 5. The van der Waals surface area contributed by atoms with Crippen LogP contribution in [0.2, 0.25) is 0 Å². The molecule has 3 atom stereocenters. The number of carbonyl (C=O) groups excluding carboxylic acids is 1. The molecule has 1 aliphatic rings. The van der Waals surface area contributed by atoms with E-state index >= 15 is 0 Å². The number of methoxy groups -OCH3 is 1. The number of hydrogen-bond donors (Lipinski definition) is 1. The summed E-state index contributed by atoms with van der Waals surface area (Å²) in [5.41, 5.74) is 1.57. The molecule has 0 aliphatic heterocycles. The highest BCUT2D eigenvalue weighted by molar-refractivity contribution is 5.77. The summed E-state index contributed by atoms with van der Waals surface area (Å²) in [7, 11) is 1.51. The Bertz CT molecular complexity index is 893. The summed E-state index contributed by atoms with van der Waals surface area (Å²) in [6, 6.07) is 6.39. The Morgan fingerprint density at radius 3 is 2.80 bits per heavy atom. The molecule has 0 saturated heterocycles. The number of benzene rings is 1. The third-order valence-electron chi connectivity index (χ3n) is 5.89. The van der Waals surface area contributed by atoms with Crippen LogP contribution >= 0.6 is 0 Å². The molecule has 2 aromatic rings. The maximum absolute atomic E-state index is 14.0. The minimum atomic E-state index is -0.375. The van der Waals surface area contributed by atoms with Crippen molar-refractivity contribution in [2.24, 2.45) is 23.7 Å². The number of halogens is 1. The summed E-state index contributed by atoms with van der Waals surface area (Å²) in [5.74, 6) is 1.70. The molecule has 0 radical (unpaired) electrons. The van der Waals surface area contributed by atoms with E-state index in [-0.39, 0.29) is 36.1 Å². The summed E-state index contributed by atoms with van der Waals surface area (Å²) in [5, 5.41) is 11.2. The highest BCUT2D eigenvalue weighted by Gasteiger charge is 2.32. The number of carbonyl (C=O) groups is 1. The molecule has 0 fully saturated rings. The normalized spacial score (nSPS) is 21.5. The van der Waals surface area contributed by atoms with E-state index < -0.39 is 0 Å². The molecule has 0 bridgehead atoms. The molecule has 1 heterocycles. The predicted molar refractivity (Wildman–Crippen MR) is 112 cm³/mol. The second kappa shape index (κ2) is 9.98. The summed E-state index contributed by atoms with van der Waals surface area (Å²) in [6.45, 7) is 7.21. The quantitative estimate of drug-likeness (QED) is 0.659. The molecule has 3 unspecified atom stereocenters. The van der Waals surface area contributed by atoms with Gasteiger partial charge in [0.05, 0.1) is 5.56 Å². The van der Waals surface area contributed by atoms with Crippen LogP contribution in [0.1, 0.15) is 33.1 Å². The van der Waals surface area contributed by atoms with Crippen molar-refractivity contribution in [3.8, 4) is 11.5 Å². The van der Waals surface area contributed by atoms with Crippen molar-refractivity contribution >= 4 is 5.91 Å². The molecule has 1 amide bonds. The van der Waals surface area contributed by atoms with Gasteiger partial charge in [-0.1, -0.05) is 37.6 Å². The molecule has 6 nitrogen and oxygen atoms in total. The van der Waals surface area contributed by atoms with Crippen molar-refractivity contribution < 1.29 is 18.3 Å². The zero-order valence-electron chi connectivity index (χ0n) is 18.0. The van der Waals surface area contributed by atoms with E-state index in [1.54, 1.807) is 18.2 Å². The van der Waals surface area contributed by atoms with Gasteiger partial charge in [-0.25, -0.2) is 4.39 Å². The number of amides is 1. The van der Waals surface area contributed by atoms with Crippen LogP contribution in [-0.2, 0) is 16.0 Å². The van der Waals surface area contributed by atoms with Gasteiger partial charge in [-0.15, -0.1) is 10.2 Å². The molecule has 0 saturated carbocycles. The molecular formula is C23H30FN3O3. The average Bonchev–Trinajstić information content (AvgIpc) is 3.16. The van der Waals surface area contributed by atoms with Gasteiger partial charge in [0.2, 0.25) is 11.8 Å². The van der Waals surface area contributed by atoms with Gasteiger partial charge < -0.3 is 14.5 Å². The highest BCUT2D eigenvalue weighted by atomic mass is 19.1. The molecule has 1 aromatic heterocycles. The predicted octanol–water partition coefficient (Wildman–Crippen LogP) is 4.04. The second-order valence-corrected chi connectivity index (χ2v) is 8.34. The standard InChI is InChI=1S/C23H30FN3O3/c1-14(2)19-10-16(15(3)9-17(19)12-25-21(28)13-29-4)11-22-26-27-23(30-22)18-7-5-6-8-20(18)24/h5-9,14,16-17,19H,10-13H2,1-4H3,(H,25,28). The number of rotatable bonds is 8. The number of nitrogens with one attached hydrogen (secondary N) is 1. The molecule has 30 heavy (non-hydrogen) atoms. The van der Waals surface area contributed by atoms with Gasteiger partial charge in [-0.05, 0) is 49.1 Å². The Kier molecular flexibility index (Phi) is 7.37. The first-order chi connectivity index (χ1) is 14.4. The molecule has 1 aromatic carbocycles. The maximum Gasteiger partial charge on any atom is 0.250 e. The topological polar surface area (TPSA) is 77.2 Å². The largest absolute Gasteiger partial charge is 0.421 e.